The van der Waals surface area contributed by atoms with Crippen LogP contribution in [0.2, 0.25) is 0 Å². The molecule has 0 aliphatic heterocycles. The van der Waals surface area contributed by atoms with Crippen molar-refractivity contribution in [3.05, 3.63) is 64.7 Å². The number of halogens is 1. The summed E-state index contributed by atoms with van der Waals surface area (Å²) in [6.45, 7) is 4.85. The average Bonchev–Trinajstić information content (AvgIpc) is 3.08. The van der Waals surface area contributed by atoms with Crippen molar-refractivity contribution in [1.29, 1.82) is 0 Å². The maximum Gasteiger partial charge on any atom is 0.125 e. The summed E-state index contributed by atoms with van der Waals surface area (Å²) >= 11 is 0. The minimum absolute atomic E-state index is 0. The molecule has 24 heavy (non-hydrogen) atoms. The lowest BCUT2D eigenvalue weighted by atomic mass is 9.90. The zero-order chi connectivity index (χ0) is 16.2. The number of rotatable bonds is 5. The molecule has 2 aromatic rings. The third-order valence-corrected chi connectivity index (χ3v) is 5.00. The number of aryl methyl sites for hydroxylation is 2. The molecule has 0 aromatic heterocycles. The van der Waals surface area contributed by atoms with Gasteiger partial charge in [0.2, 0.25) is 0 Å². The van der Waals surface area contributed by atoms with Crippen molar-refractivity contribution in [3.8, 4) is 5.75 Å². The molecule has 1 saturated carbocycles. The van der Waals surface area contributed by atoms with E-state index in [4.69, 9.17) is 10.5 Å². The van der Waals surface area contributed by atoms with Gasteiger partial charge in [0.05, 0.1) is 0 Å². The SMILES string of the molecule is Cc1cc([C@@H](N)C2CCCC2)cc(C)c1OCc1ccccc1.Cl. The predicted molar refractivity (Wildman–Crippen MR) is 103 cm³/mol. The van der Waals surface area contributed by atoms with E-state index < -0.39 is 0 Å². The number of hydrogen-bond acceptors (Lipinski definition) is 2. The van der Waals surface area contributed by atoms with E-state index in [1.54, 1.807) is 0 Å². The maximum absolute atomic E-state index is 6.51. The summed E-state index contributed by atoms with van der Waals surface area (Å²) in [5.41, 5.74) is 11.3. The standard InChI is InChI=1S/C21H27NO.ClH/c1-15-12-19(20(22)18-10-6-7-11-18)13-16(2)21(15)23-14-17-8-4-3-5-9-17;/h3-5,8-9,12-13,18,20H,6-7,10-11,14,22H2,1-2H3;1H/t20-;/m0./s1. The van der Waals surface area contributed by atoms with Crippen LogP contribution in [0, 0.1) is 19.8 Å². The largest absolute Gasteiger partial charge is 0.488 e. The van der Waals surface area contributed by atoms with Crippen molar-refractivity contribution < 1.29 is 4.74 Å². The number of hydrogen-bond donors (Lipinski definition) is 1. The first-order valence-electron chi connectivity index (χ1n) is 8.68. The molecule has 0 amide bonds. The van der Waals surface area contributed by atoms with E-state index in [1.807, 2.05) is 18.2 Å². The Morgan fingerprint density at radius 1 is 1.04 bits per heavy atom. The van der Waals surface area contributed by atoms with Gasteiger partial charge in [0.15, 0.2) is 0 Å². The quantitative estimate of drug-likeness (QED) is 0.777. The van der Waals surface area contributed by atoms with Gasteiger partial charge in [0, 0.05) is 6.04 Å². The minimum Gasteiger partial charge on any atom is -0.488 e. The van der Waals surface area contributed by atoms with Crippen LogP contribution in [-0.4, -0.2) is 0 Å². The third kappa shape index (κ3) is 4.31. The zero-order valence-corrected chi connectivity index (χ0v) is 15.4. The summed E-state index contributed by atoms with van der Waals surface area (Å²) in [6, 6.07) is 14.9. The van der Waals surface area contributed by atoms with E-state index in [0.717, 1.165) is 5.75 Å². The Hall–Kier alpha value is -1.51. The molecule has 1 fully saturated rings. The van der Waals surface area contributed by atoms with Crippen molar-refractivity contribution in [3.63, 3.8) is 0 Å². The summed E-state index contributed by atoms with van der Waals surface area (Å²) in [5.74, 6) is 1.64. The number of nitrogens with two attached hydrogens (primary N) is 1. The lowest BCUT2D eigenvalue weighted by Gasteiger charge is -2.22. The van der Waals surface area contributed by atoms with E-state index in [1.165, 1.54) is 47.9 Å². The van der Waals surface area contributed by atoms with Crippen molar-refractivity contribution in [2.24, 2.45) is 11.7 Å². The molecule has 0 heterocycles. The smallest absolute Gasteiger partial charge is 0.125 e. The van der Waals surface area contributed by atoms with Crippen LogP contribution in [-0.2, 0) is 6.61 Å². The molecule has 1 aliphatic carbocycles. The second kappa shape index (κ2) is 8.55. The second-order valence-corrected chi connectivity index (χ2v) is 6.83. The highest BCUT2D eigenvalue weighted by atomic mass is 35.5. The summed E-state index contributed by atoms with van der Waals surface area (Å²) in [6.07, 6.45) is 5.19. The van der Waals surface area contributed by atoms with E-state index >= 15 is 0 Å². The lowest BCUT2D eigenvalue weighted by Crippen LogP contribution is -2.19. The average molecular weight is 346 g/mol. The summed E-state index contributed by atoms with van der Waals surface area (Å²) in [5, 5.41) is 0. The van der Waals surface area contributed by atoms with Gasteiger partial charge < -0.3 is 10.5 Å². The van der Waals surface area contributed by atoms with Crippen molar-refractivity contribution in [1.82, 2.24) is 0 Å². The van der Waals surface area contributed by atoms with Crippen LogP contribution in [0.5, 0.6) is 5.75 Å². The molecule has 1 aliphatic rings. The fraction of sp³-hybridized carbons (Fsp3) is 0.429. The van der Waals surface area contributed by atoms with Gasteiger partial charge in [0.1, 0.15) is 12.4 Å². The molecule has 0 radical (unpaired) electrons. The summed E-state index contributed by atoms with van der Waals surface area (Å²) in [4.78, 5) is 0. The molecule has 0 bridgehead atoms. The van der Waals surface area contributed by atoms with Gasteiger partial charge in [-0.2, -0.15) is 0 Å². The van der Waals surface area contributed by atoms with Gasteiger partial charge >= 0.3 is 0 Å². The second-order valence-electron chi connectivity index (χ2n) is 6.83. The van der Waals surface area contributed by atoms with E-state index in [0.29, 0.717) is 12.5 Å². The summed E-state index contributed by atoms with van der Waals surface area (Å²) in [7, 11) is 0. The fourth-order valence-electron chi connectivity index (χ4n) is 3.72. The van der Waals surface area contributed by atoms with Crippen LogP contribution in [0.4, 0.5) is 0 Å². The number of ether oxygens (including phenoxy) is 1. The molecular formula is C21H28ClNO. The van der Waals surface area contributed by atoms with Crippen LogP contribution in [0.25, 0.3) is 0 Å². The van der Waals surface area contributed by atoms with Gasteiger partial charge in [-0.25, -0.2) is 0 Å². The van der Waals surface area contributed by atoms with Crippen LogP contribution < -0.4 is 10.5 Å². The molecule has 2 N–H and O–H groups in total. The first-order valence-corrected chi connectivity index (χ1v) is 8.68. The van der Waals surface area contributed by atoms with E-state index in [9.17, 15) is 0 Å². The molecule has 0 spiro atoms. The molecule has 3 heteroatoms. The van der Waals surface area contributed by atoms with Crippen LogP contribution in [0.1, 0.15) is 54.0 Å². The van der Waals surface area contributed by atoms with Gasteiger partial charge in [0.25, 0.3) is 0 Å². The molecular weight excluding hydrogens is 318 g/mol. The Bertz CT molecular complexity index is 627. The van der Waals surface area contributed by atoms with Crippen LogP contribution in [0.15, 0.2) is 42.5 Å². The third-order valence-electron chi connectivity index (χ3n) is 5.00. The highest BCUT2D eigenvalue weighted by Gasteiger charge is 2.24. The first kappa shape index (κ1) is 18.8. The maximum atomic E-state index is 6.51. The monoisotopic (exact) mass is 345 g/mol. The van der Waals surface area contributed by atoms with E-state index in [2.05, 4.69) is 38.1 Å². The Labute approximate surface area is 151 Å². The lowest BCUT2D eigenvalue weighted by molar-refractivity contribution is 0.301. The highest BCUT2D eigenvalue weighted by molar-refractivity contribution is 5.85. The van der Waals surface area contributed by atoms with Crippen molar-refractivity contribution >= 4 is 12.4 Å². The first-order chi connectivity index (χ1) is 11.1. The molecule has 2 nitrogen and oxygen atoms in total. The molecule has 1 atom stereocenters. The van der Waals surface area contributed by atoms with Crippen LogP contribution >= 0.6 is 12.4 Å². The molecule has 130 valence electrons. The Morgan fingerprint density at radius 3 is 2.21 bits per heavy atom. The Kier molecular flexibility index (Phi) is 6.70. The topological polar surface area (TPSA) is 35.2 Å². The molecule has 0 unspecified atom stereocenters. The van der Waals surface area contributed by atoms with Gasteiger partial charge in [-0.1, -0.05) is 55.3 Å². The Morgan fingerprint density at radius 2 is 1.62 bits per heavy atom. The number of benzene rings is 2. The predicted octanol–water partition coefficient (Wildman–Crippen LogP) is 5.49. The molecule has 3 rings (SSSR count). The van der Waals surface area contributed by atoms with Crippen LogP contribution in [0.3, 0.4) is 0 Å². The molecule has 0 saturated heterocycles. The Balaban J connectivity index is 0.00000208. The van der Waals surface area contributed by atoms with Gasteiger partial charge in [-0.15, -0.1) is 12.4 Å². The zero-order valence-electron chi connectivity index (χ0n) is 14.6. The van der Waals surface area contributed by atoms with Gasteiger partial charge in [-0.05, 0) is 54.9 Å². The minimum atomic E-state index is 0. The molecule has 2 aromatic carbocycles. The van der Waals surface area contributed by atoms with Crippen molar-refractivity contribution in [2.45, 2.75) is 52.2 Å². The summed E-state index contributed by atoms with van der Waals surface area (Å²) < 4.78 is 6.07. The fourth-order valence-corrected chi connectivity index (χ4v) is 3.72. The normalized spacial score (nSPS) is 15.8. The highest BCUT2D eigenvalue weighted by Crippen LogP contribution is 2.36. The van der Waals surface area contributed by atoms with E-state index in [-0.39, 0.29) is 18.4 Å². The van der Waals surface area contributed by atoms with Gasteiger partial charge in [-0.3, -0.25) is 0 Å². The van der Waals surface area contributed by atoms with Crippen molar-refractivity contribution in [2.75, 3.05) is 0 Å².